The highest BCUT2D eigenvalue weighted by Crippen LogP contribution is 2.25. The van der Waals surface area contributed by atoms with E-state index >= 15 is 0 Å². The Labute approximate surface area is 158 Å². The largest absolute Gasteiger partial charge is 0.497 e. The molecule has 2 aromatic rings. The second-order valence-corrected chi connectivity index (χ2v) is 6.26. The zero-order valence-electron chi connectivity index (χ0n) is 15.3. The van der Waals surface area contributed by atoms with E-state index in [1.807, 2.05) is 0 Å². The molecule has 0 aromatic heterocycles. The van der Waals surface area contributed by atoms with Gasteiger partial charge >= 0.3 is 0 Å². The van der Waals surface area contributed by atoms with E-state index in [4.69, 9.17) is 9.47 Å². The Morgan fingerprint density at radius 3 is 2.59 bits per heavy atom. The van der Waals surface area contributed by atoms with Crippen LogP contribution in [0.2, 0.25) is 0 Å². The molecule has 6 heteroatoms. The standard InChI is InChI=1S/C21H22N2O4/c1-26-18-9-10-19(27-2)14(13-18)6-11-20(24)22-17-5-3-4-15(12-17)21(25)23-16-7-8-16/h3-6,9-13,16H,7-8H2,1-2H3,(H,22,24)(H,23,25)/b11-6+. The van der Waals surface area contributed by atoms with Crippen molar-refractivity contribution in [2.45, 2.75) is 18.9 Å². The van der Waals surface area contributed by atoms with Gasteiger partial charge in [0.25, 0.3) is 5.91 Å². The molecule has 2 aromatic carbocycles. The van der Waals surface area contributed by atoms with Crippen molar-refractivity contribution in [3.63, 3.8) is 0 Å². The maximum Gasteiger partial charge on any atom is 0.251 e. The zero-order valence-corrected chi connectivity index (χ0v) is 15.3. The molecule has 140 valence electrons. The summed E-state index contributed by atoms with van der Waals surface area (Å²) in [6.07, 6.45) is 5.12. The van der Waals surface area contributed by atoms with Crippen molar-refractivity contribution < 1.29 is 19.1 Å². The highest BCUT2D eigenvalue weighted by molar-refractivity contribution is 6.03. The molecule has 0 aliphatic heterocycles. The summed E-state index contributed by atoms with van der Waals surface area (Å²) in [5.41, 5.74) is 1.81. The Hall–Kier alpha value is -3.28. The molecular weight excluding hydrogens is 344 g/mol. The Kier molecular flexibility index (Phi) is 5.76. The molecule has 0 radical (unpaired) electrons. The van der Waals surface area contributed by atoms with Crippen molar-refractivity contribution in [2.24, 2.45) is 0 Å². The van der Waals surface area contributed by atoms with Crippen LogP contribution in [0.25, 0.3) is 6.08 Å². The number of carbonyl (C=O) groups excluding carboxylic acids is 2. The summed E-state index contributed by atoms with van der Waals surface area (Å²) >= 11 is 0. The van der Waals surface area contributed by atoms with Crippen LogP contribution in [0.4, 0.5) is 5.69 Å². The summed E-state index contributed by atoms with van der Waals surface area (Å²) < 4.78 is 10.5. The lowest BCUT2D eigenvalue weighted by Crippen LogP contribution is -2.25. The van der Waals surface area contributed by atoms with Gasteiger partial charge in [-0.25, -0.2) is 0 Å². The molecule has 0 unspecified atom stereocenters. The van der Waals surface area contributed by atoms with E-state index in [1.54, 1.807) is 62.8 Å². The van der Waals surface area contributed by atoms with Crippen LogP contribution < -0.4 is 20.1 Å². The summed E-state index contributed by atoms with van der Waals surface area (Å²) in [4.78, 5) is 24.3. The second-order valence-electron chi connectivity index (χ2n) is 6.26. The third-order valence-electron chi connectivity index (χ3n) is 4.16. The van der Waals surface area contributed by atoms with Gasteiger partial charge in [-0.2, -0.15) is 0 Å². The van der Waals surface area contributed by atoms with E-state index in [0.717, 1.165) is 18.4 Å². The molecule has 0 saturated heterocycles. The highest BCUT2D eigenvalue weighted by atomic mass is 16.5. The number of ether oxygens (including phenoxy) is 2. The lowest BCUT2D eigenvalue weighted by atomic mass is 10.1. The van der Waals surface area contributed by atoms with E-state index < -0.39 is 0 Å². The second kappa shape index (κ2) is 8.40. The van der Waals surface area contributed by atoms with Crippen LogP contribution in [0.15, 0.2) is 48.5 Å². The molecule has 0 atom stereocenters. The monoisotopic (exact) mass is 366 g/mol. The van der Waals surface area contributed by atoms with Crippen molar-refractivity contribution in [2.75, 3.05) is 19.5 Å². The summed E-state index contributed by atoms with van der Waals surface area (Å²) in [6, 6.07) is 12.5. The molecule has 2 N–H and O–H groups in total. The number of amides is 2. The molecule has 6 nitrogen and oxygen atoms in total. The summed E-state index contributed by atoms with van der Waals surface area (Å²) in [7, 11) is 3.14. The number of methoxy groups -OCH3 is 2. The van der Waals surface area contributed by atoms with Crippen LogP contribution >= 0.6 is 0 Å². The first-order valence-electron chi connectivity index (χ1n) is 8.71. The number of anilines is 1. The maximum atomic E-state index is 12.2. The third-order valence-corrected chi connectivity index (χ3v) is 4.16. The van der Waals surface area contributed by atoms with E-state index in [1.165, 1.54) is 6.08 Å². The van der Waals surface area contributed by atoms with Gasteiger partial charge in [-0.3, -0.25) is 9.59 Å². The van der Waals surface area contributed by atoms with Crippen molar-refractivity contribution in [3.05, 3.63) is 59.7 Å². The first kappa shape index (κ1) is 18.5. The Morgan fingerprint density at radius 1 is 1.07 bits per heavy atom. The van der Waals surface area contributed by atoms with Crippen molar-refractivity contribution in [3.8, 4) is 11.5 Å². The van der Waals surface area contributed by atoms with E-state index in [0.29, 0.717) is 22.7 Å². The highest BCUT2D eigenvalue weighted by Gasteiger charge is 2.23. The normalized spacial score (nSPS) is 13.3. The third kappa shape index (κ3) is 5.10. The minimum absolute atomic E-state index is 0.120. The minimum atomic E-state index is -0.306. The fraction of sp³-hybridized carbons (Fsp3) is 0.238. The fourth-order valence-electron chi connectivity index (χ4n) is 2.55. The number of benzene rings is 2. The molecule has 1 aliphatic rings. The number of nitrogens with one attached hydrogen (secondary N) is 2. The first-order valence-corrected chi connectivity index (χ1v) is 8.71. The molecule has 2 amide bonds. The van der Waals surface area contributed by atoms with Gasteiger partial charge in [0.1, 0.15) is 11.5 Å². The lowest BCUT2D eigenvalue weighted by molar-refractivity contribution is -0.111. The van der Waals surface area contributed by atoms with Crippen LogP contribution in [0.5, 0.6) is 11.5 Å². The lowest BCUT2D eigenvalue weighted by Gasteiger charge is -2.08. The van der Waals surface area contributed by atoms with Gasteiger partial charge in [0.2, 0.25) is 5.91 Å². The average molecular weight is 366 g/mol. The average Bonchev–Trinajstić information content (AvgIpc) is 3.50. The van der Waals surface area contributed by atoms with Crippen LogP contribution in [-0.4, -0.2) is 32.1 Å². The Morgan fingerprint density at radius 2 is 1.89 bits per heavy atom. The van der Waals surface area contributed by atoms with Gasteiger partial charge in [-0.05, 0) is 55.3 Å². The van der Waals surface area contributed by atoms with Gasteiger partial charge in [-0.1, -0.05) is 6.07 Å². The van der Waals surface area contributed by atoms with Crippen LogP contribution in [0.1, 0.15) is 28.8 Å². The molecule has 0 bridgehead atoms. The van der Waals surface area contributed by atoms with Crippen LogP contribution in [0.3, 0.4) is 0 Å². The quantitative estimate of drug-likeness (QED) is 0.738. The van der Waals surface area contributed by atoms with Crippen LogP contribution in [0, 0.1) is 0 Å². The molecule has 27 heavy (non-hydrogen) atoms. The summed E-state index contributed by atoms with van der Waals surface area (Å²) in [5, 5.41) is 5.69. The summed E-state index contributed by atoms with van der Waals surface area (Å²) in [6.45, 7) is 0. The van der Waals surface area contributed by atoms with Crippen LogP contribution in [-0.2, 0) is 4.79 Å². The predicted octanol–water partition coefficient (Wildman–Crippen LogP) is 3.25. The van der Waals surface area contributed by atoms with Gasteiger partial charge in [0, 0.05) is 28.9 Å². The summed E-state index contributed by atoms with van der Waals surface area (Å²) in [5.74, 6) is 0.883. The number of carbonyl (C=O) groups is 2. The first-order chi connectivity index (χ1) is 13.1. The number of rotatable bonds is 7. The maximum absolute atomic E-state index is 12.2. The predicted molar refractivity (Wildman–Crippen MR) is 104 cm³/mol. The Balaban J connectivity index is 1.67. The van der Waals surface area contributed by atoms with E-state index in [-0.39, 0.29) is 17.9 Å². The van der Waals surface area contributed by atoms with Crippen molar-refractivity contribution in [1.29, 1.82) is 0 Å². The fourth-order valence-corrected chi connectivity index (χ4v) is 2.55. The van der Waals surface area contributed by atoms with Gasteiger partial charge in [-0.15, -0.1) is 0 Å². The molecule has 0 spiro atoms. The number of hydrogen-bond acceptors (Lipinski definition) is 4. The SMILES string of the molecule is COc1ccc(OC)c(/C=C/C(=O)Nc2cccc(C(=O)NC3CC3)c2)c1. The molecule has 1 saturated carbocycles. The van der Waals surface area contributed by atoms with Gasteiger partial charge in [0.15, 0.2) is 0 Å². The molecule has 0 heterocycles. The van der Waals surface area contributed by atoms with Gasteiger partial charge < -0.3 is 20.1 Å². The van der Waals surface area contributed by atoms with Crippen molar-refractivity contribution in [1.82, 2.24) is 5.32 Å². The Bertz CT molecular complexity index is 872. The smallest absolute Gasteiger partial charge is 0.251 e. The van der Waals surface area contributed by atoms with Gasteiger partial charge in [0.05, 0.1) is 14.2 Å². The molecule has 1 fully saturated rings. The zero-order chi connectivity index (χ0) is 19.2. The molecule has 3 rings (SSSR count). The topological polar surface area (TPSA) is 76.7 Å². The molecule has 1 aliphatic carbocycles. The van der Waals surface area contributed by atoms with Crippen molar-refractivity contribution >= 4 is 23.6 Å². The molecular formula is C21H22N2O4. The number of hydrogen-bond donors (Lipinski definition) is 2. The van der Waals surface area contributed by atoms with E-state index in [2.05, 4.69) is 10.6 Å². The minimum Gasteiger partial charge on any atom is -0.497 e. The van der Waals surface area contributed by atoms with E-state index in [9.17, 15) is 9.59 Å².